The van der Waals surface area contributed by atoms with Gasteiger partial charge < -0.3 is 9.80 Å². The predicted molar refractivity (Wildman–Crippen MR) is 84.3 cm³/mol. The molecule has 1 aliphatic heterocycles. The smallest absolute Gasteiger partial charge is 0.246 e. The maximum Gasteiger partial charge on any atom is 0.246 e. The molecule has 0 aliphatic carbocycles. The minimum Gasteiger partial charge on any atom is -0.339 e. The highest BCUT2D eigenvalue weighted by atomic mass is 35.5. The molecule has 2 amide bonds. The van der Waals surface area contributed by atoms with Crippen molar-refractivity contribution in [1.29, 1.82) is 0 Å². The van der Waals surface area contributed by atoms with Crippen molar-refractivity contribution in [2.75, 3.05) is 26.2 Å². The normalized spacial score (nSPS) is 15.6. The van der Waals surface area contributed by atoms with Crippen molar-refractivity contribution in [1.82, 2.24) is 9.80 Å². The second kappa shape index (κ2) is 6.96. The third-order valence-corrected chi connectivity index (χ3v) is 4.26. The van der Waals surface area contributed by atoms with E-state index in [2.05, 4.69) is 0 Å². The van der Waals surface area contributed by atoms with Crippen molar-refractivity contribution in [3.05, 3.63) is 39.9 Å². The molecule has 21 heavy (non-hydrogen) atoms. The summed E-state index contributed by atoms with van der Waals surface area (Å²) in [6.45, 7) is 3.79. The fraction of sp³-hybridized carbons (Fsp3) is 0.333. The topological polar surface area (TPSA) is 40.6 Å². The summed E-state index contributed by atoms with van der Waals surface area (Å²) >= 11 is 12.0. The third kappa shape index (κ3) is 3.99. The summed E-state index contributed by atoms with van der Waals surface area (Å²) in [7, 11) is 0. The largest absolute Gasteiger partial charge is 0.339 e. The van der Waals surface area contributed by atoms with Crippen LogP contribution in [-0.2, 0) is 9.59 Å². The van der Waals surface area contributed by atoms with E-state index >= 15 is 0 Å². The summed E-state index contributed by atoms with van der Waals surface area (Å²) in [6, 6.07) is 5.28. The lowest BCUT2D eigenvalue weighted by molar-refractivity contribution is -0.135. The average Bonchev–Trinajstić information content (AvgIpc) is 2.48. The van der Waals surface area contributed by atoms with Crippen molar-refractivity contribution in [2.45, 2.75) is 6.92 Å². The van der Waals surface area contributed by atoms with Gasteiger partial charge in [-0.3, -0.25) is 9.59 Å². The number of halogens is 2. The van der Waals surface area contributed by atoms with Gasteiger partial charge in [0.15, 0.2) is 0 Å². The van der Waals surface area contributed by atoms with Crippen LogP contribution in [0, 0.1) is 0 Å². The van der Waals surface area contributed by atoms with Gasteiger partial charge in [0.1, 0.15) is 0 Å². The number of benzene rings is 1. The molecule has 4 nitrogen and oxygen atoms in total. The monoisotopic (exact) mass is 326 g/mol. The maximum atomic E-state index is 12.1. The van der Waals surface area contributed by atoms with E-state index in [1.807, 2.05) is 0 Å². The fourth-order valence-corrected chi connectivity index (χ4v) is 2.53. The molecule has 1 fully saturated rings. The first-order valence-electron chi connectivity index (χ1n) is 6.65. The Bertz CT molecular complexity index is 579. The van der Waals surface area contributed by atoms with E-state index in [9.17, 15) is 9.59 Å². The molecule has 1 aromatic carbocycles. The second-order valence-electron chi connectivity index (χ2n) is 4.81. The quantitative estimate of drug-likeness (QED) is 0.784. The van der Waals surface area contributed by atoms with E-state index in [0.717, 1.165) is 0 Å². The average molecular weight is 327 g/mol. The van der Waals surface area contributed by atoms with Crippen molar-refractivity contribution in [3.8, 4) is 0 Å². The van der Waals surface area contributed by atoms with Gasteiger partial charge >= 0.3 is 0 Å². The Morgan fingerprint density at radius 1 is 1.10 bits per heavy atom. The van der Waals surface area contributed by atoms with Crippen LogP contribution in [0.15, 0.2) is 24.3 Å². The summed E-state index contributed by atoms with van der Waals surface area (Å²) in [5, 5.41) is 0.894. The van der Waals surface area contributed by atoms with Crippen LogP contribution in [-0.4, -0.2) is 47.8 Å². The van der Waals surface area contributed by atoms with Crippen LogP contribution >= 0.6 is 23.2 Å². The summed E-state index contributed by atoms with van der Waals surface area (Å²) in [4.78, 5) is 26.8. The number of carbonyl (C=O) groups excluding carboxylic acids is 2. The highest BCUT2D eigenvalue weighted by Crippen LogP contribution is 2.26. The zero-order valence-corrected chi connectivity index (χ0v) is 13.2. The Labute approximate surface area is 133 Å². The van der Waals surface area contributed by atoms with E-state index in [0.29, 0.717) is 41.8 Å². The standard InChI is InChI=1S/C15H16Cl2N2O2/c1-11(20)18-7-9-19(10-8-18)14(21)6-5-12-3-2-4-13(16)15(12)17/h2-6H,7-10H2,1H3/b6-5+. The first kappa shape index (κ1) is 15.9. The van der Waals surface area contributed by atoms with Crippen LogP contribution in [0.2, 0.25) is 10.0 Å². The molecule has 1 heterocycles. The highest BCUT2D eigenvalue weighted by Gasteiger charge is 2.20. The van der Waals surface area contributed by atoms with Crippen LogP contribution in [0.3, 0.4) is 0 Å². The molecule has 0 spiro atoms. The van der Waals surface area contributed by atoms with Gasteiger partial charge in [-0.05, 0) is 17.7 Å². The number of rotatable bonds is 2. The number of carbonyl (C=O) groups is 2. The third-order valence-electron chi connectivity index (χ3n) is 3.42. The molecule has 6 heteroatoms. The van der Waals surface area contributed by atoms with Gasteiger partial charge in [-0.15, -0.1) is 0 Å². The molecular weight excluding hydrogens is 311 g/mol. The number of piperazine rings is 1. The van der Waals surface area contributed by atoms with Crippen LogP contribution in [0.4, 0.5) is 0 Å². The molecule has 0 atom stereocenters. The van der Waals surface area contributed by atoms with E-state index in [-0.39, 0.29) is 11.8 Å². The SMILES string of the molecule is CC(=O)N1CCN(C(=O)/C=C/c2cccc(Cl)c2Cl)CC1. The second-order valence-corrected chi connectivity index (χ2v) is 5.59. The van der Waals surface area contributed by atoms with Gasteiger partial charge in [0, 0.05) is 39.2 Å². The Morgan fingerprint density at radius 3 is 2.33 bits per heavy atom. The Kier molecular flexibility index (Phi) is 5.26. The van der Waals surface area contributed by atoms with Gasteiger partial charge in [-0.1, -0.05) is 35.3 Å². The minimum atomic E-state index is -0.0887. The molecule has 2 rings (SSSR count). The van der Waals surface area contributed by atoms with E-state index in [1.165, 1.54) is 6.08 Å². The van der Waals surface area contributed by atoms with Crippen LogP contribution in [0.5, 0.6) is 0 Å². The highest BCUT2D eigenvalue weighted by molar-refractivity contribution is 6.42. The lowest BCUT2D eigenvalue weighted by atomic mass is 10.2. The Morgan fingerprint density at radius 2 is 1.71 bits per heavy atom. The summed E-state index contributed by atoms with van der Waals surface area (Å²) in [5.74, 6) is -0.0439. The molecule has 1 aromatic rings. The van der Waals surface area contributed by atoms with E-state index < -0.39 is 0 Å². The summed E-state index contributed by atoms with van der Waals surface area (Å²) < 4.78 is 0. The van der Waals surface area contributed by atoms with Crippen molar-refractivity contribution in [2.24, 2.45) is 0 Å². The summed E-state index contributed by atoms with van der Waals surface area (Å²) in [5.41, 5.74) is 0.708. The number of hydrogen-bond donors (Lipinski definition) is 0. The Hall–Kier alpha value is -1.52. The molecule has 1 saturated heterocycles. The minimum absolute atomic E-state index is 0.0448. The van der Waals surface area contributed by atoms with Gasteiger partial charge in [0.25, 0.3) is 0 Å². The number of hydrogen-bond acceptors (Lipinski definition) is 2. The van der Waals surface area contributed by atoms with Gasteiger partial charge in [0.05, 0.1) is 10.0 Å². The van der Waals surface area contributed by atoms with Crippen molar-refractivity contribution in [3.63, 3.8) is 0 Å². The van der Waals surface area contributed by atoms with Gasteiger partial charge in [0.2, 0.25) is 11.8 Å². The Balaban J connectivity index is 1.97. The molecule has 0 unspecified atom stereocenters. The summed E-state index contributed by atoms with van der Waals surface area (Å²) in [6.07, 6.45) is 3.15. The molecule has 0 bridgehead atoms. The molecule has 0 saturated carbocycles. The van der Waals surface area contributed by atoms with Crippen molar-refractivity contribution >= 4 is 41.1 Å². The first-order chi connectivity index (χ1) is 9.99. The zero-order valence-electron chi connectivity index (χ0n) is 11.7. The number of nitrogens with zero attached hydrogens (tertiary/aromatic N) is 2. The van der Waals surface area contributed by atoms with Gasteiger partial charge in [-0.25, -0.2) is 0 Å². The fourth-order valence-electron chi connectivity index (χ4n) is 2.16. The molecule has 0 N–H and O–H groups in total. The van der Waals surface area contributed by atoms with E-state index in [4.69, 9.17) is 23.2 Å². The van der Waals surface area contributed by atoms with Crippen molar-refractivity contribution < 1.29 is 9.59 Å². The van der Waals surface area contributed by atoms with Crippen LogP contribution in [0.1, 0.15) is 12.5 Å². The molecule has 0 aromatic heterocycles. The van der Waals surface area contributed by atoms with Crippen LogP contribution in [0.25, 0.3) is 6.08 Å². The maximum absolute atomic E-state index is 12.1. The van der Waals surface area contributed by atoms with E-state index in [1.54, 1.807) is 41.0 Å². The zero-order chi connectivity index (χ0) is 15.4. The molecule has 112 valence electrons. The number of amides is 2. The lowest BCUT2D eigenvalue weighted by Gasteiger charge is -2.33. The lowest BCUT2D eigenvalue weighted by Crippen LogP contribution is -2.49. The predicted octanol–water partition coefficient (Wildman–Crippen LogP) is 2.70. The molecule has 0 radical (unpaired) electrons. The van der Waals surface area contributed by atoms with Gasteiger partial charge in [-0.2, -0.15) is 0 Å². The molecular formula is C15H16Cl2N2O2. The first-order valence-corrected chi connectivity index (χ1v) is 7.41. The van der Waals surface area contributed by atoms with Crippen LogP contribution < -0.4 is 0 Å². The molecule has 1 aliphatic rings.